The number of ether oxygens (including phenoxy) is 2. The third-order valence-electron chi connectivity index (χ3n) is 10.7. The number of hydrogen-bond acceptors (Lipinski definition) is 7. The zero-order chi connectivity index (χ0) is 40.3. The van der Waals surface area contributed by atoms with Gasteiger partial charge in [0.25, 0.3) is 0 Å². The molecule has 1 N–H and O–H groups in total. The van der Waals surface area contributed by atoms with E-state index in [1.807, 2.05) is 53.9 Å². The summed E-state index contributed by atoms with van der Waals surface area (Å²) in [6.07, 6.45) is 13.2. The van der Waals surface area contributed by atoms with E-state index >= 15 is 0 Å². The fourth-order valence-electron chi connectivity index (χ4n) is 8.45. The lowest BCUT2D eigenvalue weighted by atomic mass is 9.69. The minimum Gasteiger partial charge on any atom is -0.497 e. The van der Waals surface area contributed by atoms with Crippen LogP contribution >= 0.6 is 23.5 Å². The number of benzene rings is 2. The average molecular weight is 792 g/mol. The predicted octanol–water partition coefficient (Wildman–Crippen LogP) is 10.5. The van der Waals surface area contributed by atoms with Crippen LogP contribution in [0.5, 0.6) is 11.5 Å². The van der Waals surface area contributed by atoms with E-state index in [1.54, 1.807) is 14.2 Å². The van der Waals surface area contributed by atoms with Crippen LogP contribution in [0.25, 0.3) is 0 Å². The molecule has 1 aliphatic heterocycles. The van der Waals surface area contributed by atoms with Crippen molar-refractivity contribution in [3.05, 3.63) is 96.1 Å². The number of amides is 1. The van der Waals surface area contributed by atoms with Crippen molar-refractivity contribution >= 4 is 29.4 Å². The summed E-state index contributed by atoms with van der Waals surface area (Å²) in [5.74, 6) is 6.31. The third kappa shape index (κ3) is 18.0. The van der Waals surface area contributed by atoms with E-state index in [1.165, 1.54) is 29.5 Å². The van der Waals surface area contributed by atoms with Crippen molar-refractivity contribution in [3.63, 3.8) is 0 Å². The van der Waals surface area contributed by atoms with Crippen molar-refractivity contribution in [3.8, 4) is 11.5 Å². The number of likely N-dealkylation sites (tertiary alicyclic amines) is 1. The van der Waals surface area contributed by atoms with Crippen molar-refractivity contribution in [2.75, 3.05) is 71.5 Å². The Morgan fingerprint density at radius 1 is 0.891 bits per heavy atom. The Labute approximate surface area is 344 Å². The molecule has 0 saturated carbocycles. The standard InChI is InChI=1S/C47H73N3O3S2/c1-11-13-38(14-12-2)31-47(7,8)41-23-26-49(27-24-41)36-45(3,4)35-46(5,6)37-50(28-30-55-34-40-17-21-43(53-10)22-18-40)32-44(51)48-25-29-54-33-39-15-19-42(52-9)20-16-39/h11-22,41H,1,23-37H2,2-10H3,(H,48,51)/b14-12-,38-13+. The van der Waals surface area contributed by atoms with Gasteiger partial charge in [0.15, 0.2) is 0 Å². The molecule has 0 radical (unpaired) electrons. The molecule has 8 heteroatoms. The van der Waals surface area contributed by atoms with Crippen LogP contribution in [0.4, 0.5) is 0 Å². The van der Waals surface area contributed by atoms with Crippen LogP contribution in [0.3, 0.4) is 0 Å². The molecule has 2 aromatic carbocycles. The fraction of sp³-hybridized carbons (Fsp3) is 0.596. The Kier molecular flexibility index (Phi) is 20.0. The molecular formula is C47H73N3O3S2. The SMILES string of the molecule is C=C/C=C(\C=C/C)CC(C)(C)C1CCN(CC(C)(C)CC(C)(C)CN(CCSCc2ccc(OC)cc2)CC(=O)NCCSCc2ccc(OC)cc2)CC1. The van der Waals surface area contributed by atoms with Crippen LogP contribution in [0.2, 0.25) is 0 Å². The number of carbonyl (C=O) groups is 1. The summed E-state index contributed by atoms with van der Waals surface area (Å²) in [4.78, 5) is 18.4. The van der Waals surface area contributed by atoms with E-state index in [4.69, 9.17) is 9.47 Å². The molecule has 306 valence electrons. The highest BCUT2D eigenvalue weighted by Gasteiger charge is 2.36. The lowest BCUT2D eigenvalue weighted by molar-refractivity contribution is -0.122. The predicted molar refractivity (Wildman–Crippen MR) is 241 cm³/mol. The molecule has 0 bridgehead atoms. The summed E-state index contributed by atoms with van der Waals surface area (Å²) in [5, 5.41) is 3.21. The number of allylic oxidation sites excluding steroid dienone is 5. The van der Waals surface area contributed by atoms with Gasteiger partial charge in [0.1, 0.15) is 11.5 Å². The summed E-state index contributed by atoms with van der Waals surface area (Å²) in [5.41, 5.74) is 4.40. The van der Waals surface area contributed by atoms with Gasteiger partial charge in [-0.25, -0.2) is 0 Å². The maximum Gasteiger partial charge on any atom is 0.234 e. The largest absolute Gasteiger partial charge is 0.497 e. The van der Waals surface area contributed by atoms with E-state index in [2.05, 4.69) is 113 Å². The van der Waals surface area contributed by atoms with Gasteiger partial charge in [-0.15, -0.1) is 0 Å². The summed E-state index contributed by atoms with van der Waals surface area (Å²) < 4.78 is 10.6. The van der Waals surface area contributed by atoms with Crippen molar-refractivity contribution in [1.82, 2.24) is 15.1 Å². The Bertz CT molecular complexity index is 1480. The summed E-state index contributed by atoms with van der Waals surface area (Å²) in [6, 6.07) is 16.5. The van der Waals surface area contributed by atoms with Gasteiger partial charge >= 0.3 is 0 Å². The van der Waals surface area contributed by atoms with Gasteiger partial charge in [0, 0.05) is 49.2 Å². The number of piperidine rings is 1. The molecule has 1 aliphatic rings. The first kappa shape index (κ1) is 46.7. The summed E-state index contributed by atoms with van der Waals surface area (Å²) >= 11 is 3.77. The van der Waals surface area contributed by atoms with Crippen molar-refractivity contribution in [2.45, 2.75) is 85.7 Å². The molecule has 1 saturated heterocycles. The van der Waals surface area contributed by atoms with Gasteiger partial charge in [-0.3, -0.25) is 9.69 Å². The molecule has 2 aromatic rings. The van der Waals surface area contributed by atoms with Crippen molar-refractivity contribution in [2.24, 2.45) is 22.2 Å². The lowest BCUT2D eigenvalue weighted by Gasteiger charge is -2.45. The quantitative estimate of drug-likeness (QED) is 0.0794. The summed E-state index contributed by atoms with van der Waals surface area (Å²) in [7, 11) is 3.39. The maximum atomic E-state index is 13.3. The molecular weight excluding hydrogens is 719 g/mol. The van der Waals surface area contributed by atoms with E-state index < -0.39 is 0 Å². The highest BCUT2D eigenvalue weighted by atomic mass is 32.2. The van der Waals surface area contributed by atoms with Gasteiger partial charge in [0.05, 0.1) is 20.8 Å². The number of hydrogen-bond donors (Lipinski definition) is 1. The van der Waals surface area contributed by atoms with Crippen LogP contribution in [0.15, 0.2) is 85.0 Å². The molecule has 3 rings (SSSR count). The molecule has 1 amide bonds. The zero-order valence-electron chi connectivity index (χ0n) is 35.8. The number of carbonyl (C=O) groups excluding carboxylic acids is 1. The van der Waals surface area contributed by atoms with Crippen molar-refractivity contribution < 1.29 is 14.3 Å². The first-order valence-corrected chi connectivity index (χ1v) is 22.6. The number of rotatable bonds is 25. The molecule has 1 heterocycles. The highest BCUT2D eigenvalue weighted by Crippen LogP contribution is 2.42. The first-order chi connectivity index (χ1) is 26.2. The number of methoxy groups -OCH3 is 2. The van der Waals surface area contributed by atoms with Gasteiger partial charge in [0.2, 0.25) is 5.91 Å². The van der Waals surface area contributed by atoms with Crippen LogP contribution in [-0.4, -0.2) is 87.2 Å². The number of nitrogens with zero attached hydrogens (tertiary/aromatic N) is 2. The second kappa shape index (κ2) is 23.5. The zero-order valence-corrected chi connectivity index (χ0v) is 37.4. The van der Waals surface area contributed by atoms with E-state index in [0.717, 1.165) is 86.0 Å². The second-order valence-electron chi connectivity index (χ2n) is 17.6. The Morgan fingerprint density at radius 3 is 1.98 bits per heavy atom. The summed E-state index contributed by atoms with van der Waals surface area (Å²) in [6.45, 7) is 26.9. The van der Waals surface area contributed by atoms with Crippen LogP contribution in [-0.2, 0) is 16.3 Å². The second-order valence-corrected chi connectivity index (χ2v) is 19.8. The van der Waals surface area contributed by atoms with Gasteiger partial charge < -0.3 is 19.7 Å². The molecule has 55 heavy (non-hydrogen) atoms. The minimum absolute atomic E-state index is 0.0552. The van der Waals surface area contributed by atoms with Gasteiger partial charge in [-0.1, -0.05) is 96.7 Å². The minimum atomic E-state index is 0.0552. The smallest absolute Gasteiger partial charge is 0.234 e. The van der Waals surface area contributed by atoms with Crippen molar-refractivity contribution in [1.29, 1.82) is 0 Å². The van der Waals surface area contributed by atoms with E-state index in [-0.39, 0.29) is 22.2 Å². The molecule has 0 atom stereocenters. The first-order valence-electron chi connectivity index (χ1n) is 20.2. The van der Waals surface area contributed by atoms with Crippen LogP contribution in [0.1, 0.15) is 85.3 Å². The molecule has 0 aliphatic carbocycles. The Morgan fingerprint density at radius 2 is 1.45 bits per heavy atom. The fourth-order valence-corrected chi connectivity index (χ4v) is 10.2. The number of nitrogens with one attached hydrogen (secondary N) is 1. The molecule has 0 unspecified atom stereocenters. The molecule has 1 fully saturated rings. The van der Waals surface area contributed by atoms with Gasteiger partial charge in [-0.05, 0) is 109 Å². The van der Waals surface area contributed by atoms with E-state index in [0.29, 0.717) is 13.1 Å². The maximum absolute atomic E-state index is 13.3. The van der Waals surface area contributed by atoms with Crippen LogP contribution < -0.4 is 14.8 Å². The van der Waals surface area contributed by atoms with E-state index in [9.17, 15) is 4.79 Å². The number of thioether (sulfide) groups is 2. The molecule has 0 spiro atoms. The molecule has 0 aromatic heterocycles. The normalized spacial score (nSPS) is 15.1. The van der Waals surface area contributed by atoms with Gasteiger partial charge in [-0.2, -0.15) is 23.5 Å². The Balaban J connectivity index is 1.53. The lowest BCUT2D eigenvalue weighted by Crippen LogP contribution is -2.46. The third-order valence-corrected chi connectivity index (χ3v) is 12.7. The average Bonchev–Trinajstić information content (AvgIpc) is 3.13. The molecule has 6 nitrogen and oxygen atoms in total. The monoisotopic (exact) mass is 792 g/mol. The van der Waals surface area contributed by atoms with Crippen LogP contribution in [0, 0.1) is 22.2 Å². The highest BCUT2D eigenvalue weighted by molar-refractivity contribution is 7.98. The topological polar surface area (TPSA) is 54.0 Å². The Hall–Kier alpha value is -2.65.